The summed E-state index contributed by atoms with van der Waals surface area (Å²) in [5, 5.41) is 16.3. The number of nitrogens with one attached hydrogen (secondary N) is 2. The first kappa shape index (κ1) is 14.6. The van der Waals surface area contributed by atoms with Gasteiger partial charge in [0, 0.05) is 29.2 Å². The highest BCUT2D eigenvalue weighted by Gasteiger charge is 2.14. The molecule has 0 spiro atoms. The van der Waals surface area contributed by atoms with Crippen molar-refractivity contribution in [2.24, 2.45) is 0 Å². The molecule has 1 rings (SSSR count). The number of rotatable bonds is 5. The lowest BCUT2D eigenvalue weighted by atomic mass is 10.2. The molecule has 0 fully saturated rings. The molecule has 0 heterocycles. The van der Waals surface area contributed by atoms with Crippen molar-refractivity contribution >= 4 is 27.5 Å². The summed E-state index contributed by atoms with van der Waals surface area (Å²) in [7, 11) is 1.80. The second-order valence-corrected chi connectivity index (χ2v) is 4.68. The standard InChI is InChI=1S/C11H14BrN3O3/c1-7(13-2)6-14-11(16)9-4-3-8(15(17)18)5-10(9)12/h3-5,7,13H,6H2,1-2H3,(H,14,16). The predicted molar refractivity (Wildman–Crippen MR) is 71.7 cm³/mol. The van der Waals surface area contributed by atoms with E-state index >= 15 is 0 Å². The molecule has 6 nitrogen and oxygen atoms in total. The van der Waals surface area contributed by atoms with Crippen LogP contribution in [-0.2, 0) is 0 Å². The molecule has 0 radical (unpaired) electrons. The van der Waals surface area contributed by atoms with E-state index in [1.54, 1.807) is 7.05 Å². The molecule has 1 unspecified atom stereocenters. The van der Waals surface area contributed by atoms with Crippen molar-refractivity contribution in [2.75, 3.05) is 13.6 Å². The van der Waals surface area contributed by atoms with Gasteiger partial charge in [0.25, 0.3) is 11.6 Å². The van der Waals surface area contributed by atoms with E-state index in [-0.39, 0.29) is 17.6 Å². The van der Waals surface area contributed by atoms with Gasteiger partial charge in [-0.1, -0.05) is 0 Å². The molecular formula is C11H14BrN3O3. The number of carbonyl (C=O) groups is 1. The van der Waals surface area contributed by atoms with E-state index in [9.17, 15) is 14.9 Å². The lowest BCUT2D eigenvalue weighted by Crippen LogP contribution is -2.37. The molecule has 1 aromatic rings. The van der Waals surface area contributed by atoms with Crippen LogP contribution in [0.2, 0.25) is 0 Å². The third-order valence-electron chi connectivity index (χ3n) is 2.47. The largest absolute Gasteiger partial charge is 0.350 e. The van der Waals surface area contributed by atoms with Gasteiger partial charge in [-0.15, -0.1) is 0 Å². The van der Waals surface area contributed by atoms with Crippen LogP contribution in [0, 0.1) is 10.1 Å². The number of hydrogen-bond donors (Lipinski definition) is 2. The van der Waals surface area contributed by atoms with Gasteiger partial charge in [-0.3, -0.25) is 14.9 Å². The van der Waals surface area contributed by atoms with E-state index in [4.69, 9.17) is 0 Å². The number of amides is 1. The fourth-order valence-electron chi connectivity index (χ4n) is 1.24. The Labute approximate surface area is 113 Å². The lowest BCUT2D eigenvalue weighted by molar-refractivity contribution is -0.384. The summed E-state index contributed by atoms with van der Waals surface area (Å²) in [6.07, 6.45) is 0. The zero-order valence-corrected chi connectivity index (χ0v) is 11.7. The summed E-state index contributed by atoms with van der Waals surface area (Å²) in [6, 6.07) is 4.21. The number of benzene rings is 1. The number of nitrogens with zero attached hydrogens (tertiary/aromatic N) is 1. The Balaban J connectivity index is 2.78. The molecular weight excluding hydrogens is 302 g/mol. The summed E-state index contributed by atoms with van der Waals surface area (Å²) in [5.74, 6) is -0.265. The highest BCUT2D eigenvalue weighted by atomic mass is 79.9. The Morgan fingerprint density at radius 3 is 2.72 bits per heavy atom. The second kappa shape index (κ2) is 6.46. The Bertz CT molecular complexity index is 465. The first-order chi connectivity index (χ1) is 8.45. The summed E-state index contributed by atoms with van der Waals surface area (Å²) < 4.78 is 0.409. The summed E-state index contributed by atoms with van der Waals surface area (Å²) >= 11 is 3.16. The van der Waals surface area contributed by atoms with Gasteiger partial charge in [-0.25, -0.2) is 0 Å². The zero-order chi connectivity index (χ0) is 13.7. The van der Waals surface area contributed by atoms with Crippen LogP contribution in [0.5, 0.6) is 0 Å². The van der Waals surface area contributed by atoms with Crippen molar-refractivity contribution in [3.8, 4) is 0 Å². The molecule has 1 atom stereocenters. The first-order valence-corrected chi connectivity index (χ1v) is 6.14. The highest BCUT2D eigenvalue weighted by molar-refractivity contribution is 9.10. The molecule has 2 N–H and O–H groups in total. The van der Waals surface area contributed by atoms with Gasteiger partial charge in [0.2, 0.25) is 0 Å². The van der Waals surface area contributed by atoms with E-state index in [0.717, 1.165) is 0 Å². The van der Waals surface area contributed by atoms with Crippen LogP contribution >= 0.6 is 15.9 Å². The van der Waals surface area contributed by atoms with Crippen LogP contribution < -0.4 is 10.6 Å². The quantitative estimate of drug-likeness (QED) is 0.639. The maximum Gasteiger partial charge on any atom is 0.270 e. The molecule has 1 aromatic carbocycles. The van der Waals surface area contributed by atoms with Crippen LogP contribution in [0.25, 0.3) is 0 Å². The Kier molecular flexibility index (Phi) is 5.24. The minimum Gasteiger partial charge on any atom is -0.350 e. The van der Waals surface area contributed by atoms with E-state index in [1.807, 2.05) is 6.92 Å². The summed E-state index contributed by atoms with van der Waals surface area (Å²) in [6.45, 7) is 2.42. The van der Waals surface area contributed by atoms with E-state index < -0.39 is 4.92 Å². The molecule has 18 heavy (non-hydrogen) atoms. The average Bonchev–Trinajstić information content (AvgIpc) is 2.35. The van der Waals surface area contributed by atoms with Gasteiger partial charge in [0.05, 0.1) is 10.5 Å². The number of carbonyl (C=O) groups excluding carboxylic acids is 1. The maximum absolute atomic E-state index is 11.8. The van der Waals surface area contributed by atoms with E-state index in [1.165, 1.54) is 18.2 Å². The van der Waals surface area contributed by atoms with Gasteiger partial charge < -0.3 is 10.6 Å². The SMILES string of the molecule is CNC(C)CNC(=O)c1ccc([N+](=O)[O-])cc1Br. The molecule has 0 aliphatic carbocycles. The van der Waals surface area contributed by atoms with Gasteiger partial charge in [0.15, 0.2) is 0 Å². The summed E-state index contributed by atoms with van der Waals surface area (Å²) in [5.41, 5.74) is 0.325. The zero-order valence-electron chi connectivity index (χ0n) is 10.1. The van der Waals surface area contributed by atoms with Crippen molar-refractivity contribution in [3.05, 3.63) is 38.3 Å². The minimum atomic E-state index is -0.504. The molecule has 98 valence electrons. The average molecular weight is 316 g/mol. The van der Waals surface area contributed by atoms with E-state index in [0.29, 0.717) is 16.6 Å². The van der Waals surface area contributed by atoms with Gasteiger partial charge in [-0.2, -0.15) is 0 Å². The second-order valence-electron chi connectivity index (χ2n) is 3.82. The van der Waals surface area contributed by atoms with Crippen molar-refractivity contribution in [1.29, 1.82) is 0 Å². The van der Waals surface area contributed by atoms with Crippen molar-refractivity contribution in [3.63, 3.8) is 0 Å². The Hall–Kier alpha value is -1.47. The normalized spacial score (nSPS) is 11.9. The van der Waals surface area contributed by atoms with Crippen LogP contribution in [0.4, 0.5) is 5.69 Å². The molecule has 0 saturated carbocycles. The van der Waals surface area contributed by atoms with Gasteiger partial charge in [-0.05, 0) is 36.0 Å². The Morgan fingerprint density at radius 1 is 1.56 bits per heavy atom. The molecule has 0 aliphatic heterocycles. The molecule has 0 saturated heterocycles. The van der Waals surface area contributed by atoms with Crippen molar-refractivity contribution < 1.29 is 9.72 Å². The number of nitro groups is 1. The Morgan fingerprint density at radius 2 is 2.22 bits per heavy atom. The van der Waals surface area contributed by atoms with Crippen LogP contribution in [0.3, 0.4) is 0 Å². The lowest BCUT2D eigenvalue weighted by Gasteiger charge is -2.11. The molecule has 7 heteroatoms. The first-order valence-electron chi connectivity index (χ1n) is 5.35. The highest BCUT2D eigenvalue weighted by Crippen LogP contribution is 2.22. The molecule has 0 bridgehead atoms. The number of non-ortho nitro benzene ring substituents is 1. The minimum absolute atomic E-state index is 0.0537. The number of likely N-dealkylation sites (N-methyl/N-ethyl adjacent to an activating group) is 1. The number of halogens is 1. The summed E-state index contributed by atoms with van der Waals surface area (Å²) in [4.78, 5) is 21.9. The smallest absolute Gasteiger partial charge is 0.270 e. The van der Waals surface area contributed by atoms with Crippen molar-refractivity contribution in [1.82, 2.24) is 10.6 Å². The topological polar surface area (TPSA) is 84.3 Å². The number of hydrogen-bond acceptors (Lipinski definition) is 4. The van der Waals surface area contributed by atoms with Gasteiger partial charge >= 0.3 is 0 Å². The third kappa shape index (κ3) is 3.78. The fourth-order valence-corrected chi connectivity index (χ4v) is 1.79. The van der Waals surface area contributed by atoms with E-state index in [2.05, 4.69) is 26.6 Å². The molecule has 1 amide bonds. The van der Waals surface area contributed by atoms with Crippen LogP contribution in [-0.4, -0.2) is 30.5 Å². The predicted octanol–water partition coefficient (Wildman–Crippen LogP) is 1.70. The third-order valence-corrected chi connectivity index (χ3v) is 3.13. The van der Waals surface area contributed by atoms with Crippen LogP contribution in [0.1, 0.15) is 17.3 Å². The van der Waals surface area contributed by atoms with Crippen molar-refractivity contribution in [2.45, 2.75) is 13.0 Å². The number of nitro benzene ring substituents is 1. The molecule has 0 aliphatic rings. The maximum atomic E-state index is 11.8. The monoisotopic (exact) mass is 315 g/mol. The fraction of sp³-hybridized carbons (Fsp3) is 0.364. The molecule has 0 aromatic heterocycles. The van der Waals surface area contributed by atoms with Gasteiger partial charge in [0.1, 0.15) is 0 Å². The van der Waals surface area contributed by atoms with Crippen LogP contribution in [0.15, 0.2) is 22.7 Å².